The Kier molecular flexibility index (Phi) is 5.20. The molecule has 3 heterocycles. The van der Waals surface area contributed by atoms with Gasteiger partial charge in [0.15, 0.2) is 0 Å². The first-order valence-corrected chi connectivity index (χ1v) is 9.70. The molecule has 0 saturated carbocycles. The average Bonchev–Trinajstić information content (AvgIpc) is 3.16. The van der Waals surface area contributed by atoms with E-state index >= 15 is 0 Å². The molecule has 0 bridgehead atoms. The summed E-state index contributed by atoms with van der Waals surface area (Å²) in [7, 11) is 0. The van der Waals surface area contributed by atoms with Gasteiger partial charge < -0.3 is 15.4 Å². The molecule has 27 heavy (non-hydrogen) atoms. The Bertz CT molecular complexity index is 827. The normalized spacial score (nSPS) is 18.2. The SMILES string of the molecule is CCOc1ccc(Nc2c(C)c(NC3CCCNC3)nc3[n+]2N=CC3)cc1. The van der Waals surface area contributed by atoms with Crippen LogP contribution in [0.25, 0.3) is 0 Å². The fraction of sp³-hybridized carbons (Fsp3) is 0.450. The molecule has 1 fully saturated rings. The van der Waals surface area contributed by atoms with Crippen molar-refractivity contribution in [3.8, 4) is 5.75 Å². The molecule has 1 unspecified atom stereocenters. The molecule has 1 atom stereocenters. The Morgan fingerprint density at radius 2 is 2.15 bits per heavy atom. The van der Waals surface area contributed by atoms with E-state index in [2.05, 4.69) is 28.0 Å². The molecule has 1 saturated heterocycles. The lowest BCUT2D eigenvalue weighted by atomic mass is 10.1. The van der Waals surface area contributed by atoms with E-state index in [1.54, 1.807) is 0 Å². The van der Waals surface area contributed by atoms with Gasteiger partial charge in [0, 0.05) is 12.6 Å². The van der Waals surface area contributed by atoms with Gasteiger partial charge in [-0.3, -0.25) is 5.32 Å². The number of fused-ring (bicyclic) bond motifs is 1. The number of aromatic nitrogens is 2. The Morgan fingerprint density at radius 1 is 1.30 bits per heavy atom. The van der Waals surface area contributed by atoms with Crippen molar-refractivity contribution in [1.82, 2.24) is 10.3 Å². The first-order chi connectivity index (χ1) is 13.2. The van der Waals surface area contributed by atoms with E-state index in [0.717, 1.165) is 60.4 Å². The molecule has 1 aromatic heterocycles. The van der Waals surface area contributed by atoms with Gasteiger partial charge in [-0.05, 0) is 57.5 Å². The second-order valence-corrected chi connectivity index (χ2v) is 6.93. The minimum absolute atomic E-state index is 0.411. The molecular formula is C20H27N6O+. The van der Waals surface area contributed by atoms with Crippen LogP contribution in [0.2, 0.25) is 0 Å². The van der Waals surface area contributed by atoms with Gasteiger partial charge >= 0.3 is 0 Å². The molecule has 7 heteroatoms. The highest BCUT2D eigenvalue weighted by Gasteiger charge is 2.27. The van der Waals surface area contributed by atoms with Crippen molar-refractivity contribution in [1.29, 1.82) is 0 Å². The smallest absolute Gasteiger partial charge is 0.270 e. The van der Waals surface area contributed by atoms with Crippen LogP contribution in [0.5, 0.6) is 5.75 Å². The lowest BCUT2D eigenvalue weighted by molar-refractivity contribution is -0.669. The summed E-state index contributed by atoms with van der Waals surface area (Å²) in [5.41, 5.74) is 2.06. The van der Waals surface area contributed by atoms with Crippen LogP contribution in [-0.4, -0.2) is 36.9 Å². The molecule has 3 N–H and O–H groups in total. The molecule has 0 radical (unpaired) electrons. The fourth-order valence-corrected chi connectivity index (χ4v) is 3.51. The Labute approximate surface area is 159 Å². The number of nitrogens with zero attached hydrogens (tertiary/aromatic N) is 3. The van der Waals surface area contributed by atoms with Crippen LogP contribution in [0, 0.1) is 6.92 Å². The summed E-state index contributed by atoms with van der Waals surface area (Å²) in [6.07, 6.45) is 5.00. The molecule has 4 rings (SSSR count). The van der Waals surface area contributed by atoms with Crippen LogP contribution in [0.15, 0.2) is 29.4 Å². The number of piperidine rings is 1. The zero-order chi connectivity index (χ0) is 18.6. The zero-order valence-electron chi connectivity index (χ0n) is 16.0. The number of anilines is 3. The van der Waals surface area contributed by atoms with Crippen LogP contribution in [0.4, 0.5) is 17.3 Å². The molecule has 0 spiro atoms. The molecule has 1 aromatic carbocycles. The van der Waals surface area contributed by atoms with Crippen molar-refractivity contribution < 1.29 is 9.41 Å². The van der Waals surface area contributed by atoms with Crippen molar-refractivity contribution in [3.05, 3.63) is 35.7 Å². The van der Waals surface area contributed by atoms with Crippen LogP contribution in [-0.2, 0) is 6.42 Å². The van der Waals surface area contributed by atoms with Crippen molar-refractivity contribution in [2.45, 2.75) is 39.2 Å². The van der Waals surface area contributed by atoms with Gasteiger partial charge in [-0.2, -0.15) is 0 Å². The lowest BCUT2D eigenvalue weighted by Gasteiger charge is -2.24. The van der Waals surface area contributed by atoms with E-state index in [0.29, 0.717) is 12.6 Å². The van der Waals surface area contributed by atoms with E-state index in [1.165, 1.54) is 6.42 Å². The summed E-state index contributed by atoms with van der Waals surface area (Å²) in [4.78, 5) is 4.83. The zero-order valence-corrected chi connectivity index (χ0v) is 16.0. The first kappa shape index (κ1) is 17.7. The van der Waals surface area contributed by atoms with Gasteiger partial charge in [0.25, 0.3) is 11.6 Å². The molecule has 2 aliphatic rings. The highest BCUT2D eigenvalue weighted by molar-refractivity contribution is 5.66. The predicted octanol–water partition coefficient (Wildman–Crippen LogP) is 2.37. The number of hydrogen-bond donors (Lipinski definition) is 3. The third kappa shape index (κ3) is 3.88. The quantitative estimate of drug-likeness (QED) is 0.684. The van der Waals surface area contributed by atoms with Gasteiger partial charge in [0.05, 0.1) is 30.5 Å². The van der Waals surface area contributed by atoms with Gasteiger partial charge in [-0.15, -0.1) is 9.78 Å². The Morgan fingerprint density at radius 3 is 2.89 bits per heavy atom. The number of ether oxygens (including phenoxy) is 1. The monoisotopic (exact) mass is 367 g/mol. The maximum atomic E-state index is 5.53. The van der Waals surface area contributed by atoms with Crippen molar-refractivity contribution in [3.63, 3.8) is 0 Å². The van der Waals surface area contributed by atoms with Crippen molar-refractivity contribution in [2.75, 3.05) is 30.3 Å². The lowest BCUT2D eigenvalue weighted by Crippen LogP contribution is -2.40. The van der Waals surface area contributed by atoms with Crippen molar-refractivity contribution in [2.24, 2.45) is 5.10 Å². The maximum absolute atomic E-state index is 5.53. The summed E-state index contributed by atoms with van der Waals surface area (Å²) >= 11 is 0. The molecule has 0 amide bonds. The van der Waals surface area contributed by atoms with Crippen molar-refractivity contribution >= 4 is 23.5 Å². The van der Waals surface area contributed by atoms with Crippen LogP contribution >= 0.6 is 0 Å². The molecular weight excluding hydrogens is 340 g/mol. The average molecular weight is 367 g/mol. The summed E-state index contributed by atoms with van der Waals surface area (Å²) in [5.74, 6) is 3.70. The van der Waals surface area contributed by atoms with Gasteiger partial charge in [0.1, 0.15) is 5.75 Å². The molecule has 2 aliphatic heterocycles. The van der Waals surface area contributed by atoms with E-state index in [-0.39, 0.29) is 0 Å². The van der Waals surface area contributed by atoms with Gasteiger partial charge in [0.2, 0.25) is 5.82 Å². The molecule has 2 aromatic rings. The van der Waals surface area contributed by atoms with E-state index in [4.69, 9.17) is 9.72 Å². The Balaban J connectivity index is 1.61. The largest absolute Gasteiger partial charge is 0.494 e. The minimum atomic E-state index is 0.411. The summed E-state index contributed by atoms with van der Waals surface area (Å²) in [6, 6.07) is 8.41. The molecule has 0 aliphatic carbocycles. The van der Waals surface area contributed by atoms with Crippen LogP contribution < -0.4 is 25.4 Å². The predicted molar refractivity (Wildman–Crippen MR) is 107 cm³/mol. The topological polar surface area (TPSA) is 74.5 Å². The summed E-state index contributed by atoms with van der Waals surface area (Å²) in [5, 5.41) is 15.1. The second-order valence-electron chi connectivity index (χ2n) is 6.93. The van der Waals surface area contributed by atoms with Gasteiger partial charge in [-0.1, -0.05) is 4.98 Å². The van der Waals surface area contributed by atoms with E-state index in [9.17, 15) is 0 Å². The number of hydrogen-bond acceptors (Lipinski definition) is 6. The number of benzene rings is 1. The van der Waals surface area contributed by atoms with E-state index < -0.39 is 0 Å². The number of nitrogens with one attached hydrogen (secondary N) is 3. The maximum Gasteiger partial charge on any atom is 0.270 e. The number of rotatable bonds is 6. The third-order valence-corrected chi connectivity index (χ3v) is 4.94. The standard InChI is InChI=1S/C20H26N6O/c1-3-27-17-8-6-15(7-9-17)24-20-14(2)19(23-16-5-4-11-21-13-16)25-18-10-12-22-26(18)20/h6-9,12,16,21H,3-5,10-11,13H2,1-2H3,(H,23,24)/p+1. The summed E-state index contributed by atoms with van der Waals surface area (Å²) < 4.78 is 7.43. The highest BCUT2D eigenvalue weighted by atomic mass is 16.5. The second kappa shape index (κ2) is 7.92. The van der Waals surface area contributed by atoms with Crippen LogP contribution in [0.3, 0.4) is 0 Å². The highest BCUT2D eigenvalue weighted by Crippen LogP contribution is 2.26. The third-order valence-electron chi connectivity index (χ3n) is 4.94. The van der Waals surface area contributed by atoms with E-state index in [1.807, 2.05) is 42.1 Å². The van der Waals surface area contributed by atoms with Gasteiger partial charge in [-0.25, -0.2) is 0 Å². The van der Waals surface area contributed by atoms with Crippen LogP contribution in [0.1, 0.15) is 31.2 Å². The first-order valence-electron chi connectivity index (χ1n) is 9.70. The molecule has 7 nitrogen and oxygen atoms in total. The minimum Gasteiger partial charge on any atom is -0.494 e. The Hall–Kier alpha value is -2.67. The molecule has 142 valence electrons. The summed E-state index contributed by atoms with van der Waals surface area (Å²) in [6.45, 7) is 6.82. The fourth-order valence-electron chi connectivity index (χ4n) is 3.51.